The summed E-state index contributed by atoms with van der Waals surface area (Å²) in [6, 6.07) is 18.6. The van der Waals surface area contributed by atoms with E-state index in [4.69, 9.17) is 14.2 Å². The maximum atomic E-state index is 12.2. The third-order valence-electron chi connectivity index (χ3n) is 4.74. The van der Waals surface area contributed by atoms with Gasteiger partial charge in [-0.2, -0.15) is 0 Å². The summed E-state index contributed by atoms with van der Waals surface area (Å²) >= 11 is 0. The summed E-state index contributed by atoms with van der Waals surface area (Å²) in [5.41, 5.74) is 1.50. The van der Waals surface area contributed by atoms with E-state index in [9.17, 15) is 19.7 Å². The van der Waals surface area contributed by atoms with Crippen molar-refractivity contribution in [2.24, 2.45) is 4.99 Å². The van der Waals surface area contributed by atoms with Crippen LogP contribution in [0.3, 0.4) is 0 Å². The molecule has 0 saturated carbocycles. The van der Waals surface area contributed by atoms with Gasteiger partial charge in [-0.05, 0) is 67.1 Å². The van der Waals surface area contributed by atoms with Gasteiger partial charge in [0.15, 0.2) is 5.70 Å². The van der Waals surface area contributed by atoms with E-state index in [0.717, 1.165) is 0 Å². The van der Waals surface area contributed by atoms with E-state index in [-0.39, 0.29) is 28.6 Å². The van der Waals surface area contributed by atoms with E-state index in [1.54, 1.807) is 54.6 Å². The van der Waals surface area contributed by atoms with Crippen LogP contribution in [0.2, 0.25) is 0 Å². The molecule has 0 aromatic heterocycles. The number of aliphatic imine (C=N–C) groups is 1. The van der Waals surface area contributed by atoms with E-state index >= 15 is 0 Å². The number of nitro benzene ring substituents is 1. The second kappa shape index (κ2) is 9.78. The molecule has 0 atom stereocenters. The molecular formula is C25H18N2O7. The third-order valence-corrected chi connectivity index (χ3v) is 4.74. The minimum atomic E-state index is -0.648. The Morgan fingerprint density at radius 1 is 1.00 bits per heavy atom. The monoisotopic (exact) mass is 458 g/mol. The summed E-state index contributed by atoms with van der Waals surface area (Å²) in [5, 5.41) is 10.7. The summed E-state index contributed by atoms with van der Waals surface area (Å²) in [5.74, 6) is -0.0325. The number of hydrogen-bond acceptors (Lipinski definition) is 8. The number of benzene rings is 3. The maximum Gasteiger partial charge on any atom is 0.363 e. The van der Waals surface area contributed by atoms with Gasteiger partial charge in [-0.25, -0.2) is 14.6 Å². The van der Waals surface area contributed by atoms with E-state index in [1.807, 2.05) is 6.92 Å². The van der Waals surface area contributed by atoms with E-state index < -0.39 is 16.9 Å². The molecule has 9 nitrogen and oxygen atoms in total. The number of ether oxygens (including phenoxy) is 3. The zero-order valence-electron chi connectivity index (χ0n) is 18.0. The summed E-state index contributed by atoms with van der Waals surface area (Å²) in [6.07, 6.45) is 1.56. The molecule has 1 aliphatic heterocycles. The highest BCUT2D eigenvalue weighted by Gasteiger charge is 2.24. The Bertz CT molecular complexity index is 1290. The minimum absolute atomic E-state index is 0.118. The quantitative estimate of drug-likeness (QED) is 0.167. The summed E-state index contributed by atoms with van der Waals surface area (Å²) < 4.78 is 16.0. The summed E-state index contributed by atoms with van der Waals surface area (Å²) in [4.78, 5) is 38.9. The van der Waals surface area contributed by atoms with E-state index in [2.05, 4.69) is 4.99 Å². The molecular weight excluding hydrogens is 440 g/mol. The third kappa shape index (κ3) is 5.16. The first kappa shape index (κ1) is 22.4. The van der Waals surface area contributed by atoms with Crippen molar-refractivity contribution in [2.45, 2.75) is 6.92 Å². The number of non-ortho nitro benzene ring substituents is 1. The SMILES string of the molecule is CCOc1ccc(C2=N/C(=C/c3ccc(OC(=O)c4ccc([N+](=O)[O-])cc4)cc3)C(=O)O2)cc1. The lowest BCUT2D eigenvalue weighted by atomic mass is 10.2. The van der Waals surface area contributed by atoms with Crippen LogP contribution in [-0.2, 0) is 9.53 Å². The summed E-state index contributed by atoms with van der Waals surface area (Å²) in [6.45, 7) is 2.44. The summed E-state index contributed by atoms with van der Waals surface area (Å²) in [7, 11) is 0. The Labute approximate surface area is 194 Å². The van der Waals surface area contributed by atoms with Gasteiger partial charge in [0.25, 0.3) is 5.69 Å². The smallest absolute Gasteiger partial charge is 0.363 e. The van der Waals surface area contributed by atoms with Gasteiger partial charge >= 0.3 is 11.9 Å². The van der Waals surface area contributed by atoms with Crippen molar-refractivity contribution in [3.63, 3.8) is 0 Å². The minimum Gasteiger partial charge on any atom is -0.494 e. The molecule has 1 heterocycles. The Morgan fingerprint density at radius 3 is 2.26 bits per heavy atom. The molecule has 170 valence electrons. The van der Waals surface area contributed by atoms with Gasteiger partial charge in [-0.15, -0.1) is 0 Å². The fourth-order valence-corrected chi connectivity index (χ4v) is 3.07. The van der Waals surface area contributed by atoms with Crippen LogP contribution in [0.1, 0.15) is 28.4 Å². The average Bonchev–Trinajstić information content (AvgIpc) is 3.21. The van der Waals surface area contributed by atoms with Gasteiger partial charge in [0.05, 0.1) is 17.1 Å². The highest BCUT2D eigenvalue weighted by molar-refractivity contribution is 6.12. The topological polar surface area (TPSA) is 117 Å². The van der Waals surface area contributed by atoms with Gasteiger partial charge in [0.1, 0.15) is 11.5 Å². The lowest BCUT2D eigenvalue weighted by molar-refractivity contribution is -0.384. The Kier molecular flexibility index (Phi) is 6.45. The van der Waals surface area contributed by atoms with E-state index in [0.29, 0.717) is 23.5 Å². The van der Waals surface area contributed by atoms with Crippen molar-refractivity contribution in [1.82, 2.24) is 0 Å². The van der Waals surface area contributed by atoms with Crippen molar-refractivity contribution < 1.29 is 28.7 Å². The number of hydrogen-bond donors (Lipinski definition) is 0. The van der Waals surface area contributed by atoms with Crippen LogP contribution in [0.25, 0.3) is 6.08 Å². The molecule has 0 unspecified atom stereocenters. The first-order valence-corrected chi connectivity index (χ1v) is 10.3. The lowest BCUT2D eigenvalue weighted by Crippen LogP contribution is -2.08. The van der Waals surface area contributed by atoms with Gasteiger partial charge in [-0.3, -0.25) is 10.1 Å². The molecule has 34 heavy (non-hydrogen) atoms. The first-order valence-electron chi connectivity index (χ1n) is 10.3. The fourth-order valence-electron chi connectivity index (χ4n) is 3.07. The number of rotatable bonds is 7. The van der Waals surface area contributed by atoms with Crippen LogP contribution in [0.4, 0.5) is 5.69 Å². The maximum absolute atomic E-state index is 12.2. The molecule has 0 saturated heterocycles. The molecule has 0 radical (unpaired) electrons. The lowest BCUT2D eigenvalue weighted by Gasteiger charge is -2.04. The molecule has 0 N–H and O–H groups in total. The standard InChI is InChI=1S/C25H18N2O7/c1-2-32-20-13-7-17(8-14-20)23-26-22(25(29)34-23)15-16-3-11-21(12-4-16)33-24(28)18-5-9-19(10-6-18)27(30)31/h3-15H,2H2,1H3/b22-15+. The van der Waals surface area contributed by atoms with Gasteiger partial charge in [0, 0.05) is 17.7 Å². The molecule has 9 heteroatoms. The average molecular weight is 458 g/mol. The van der Waals surface area contributed by atoms with Crippen LogP contribution in [0.5, 0.6) is 11.5 Å². The molecule has 0 bridgehead atoms. The molecule has 3 aromatic carbocycles. The second-order valence-corrected chi connectivity index (χ2v) is 7.06. The zero-order valence-corrected chi connectivity index (χ0v) is 18.0. The molecule has 0 spiro atoms. The van der Waals surface area contributed by atoms with Gasteiger partial charge in [-0.1, -0.05) is 12.1 Å². The van der Waals surface area contributed by atoms with Crippen molar-refractivity contribution >= 4 is 29.6 Å². The Hall–Kier alpha value is -4.79. The highest BCUT2D eigenvalue weighted by atomic mass is 16.6. The van der Waals surface area contributed by atoms with Crippen LogP contribution in [-0.4, -0.2) is 29.4 Å². The molecule has 0 amide bonds. The fraction of sp³-hybridized carbons (Fsp3) is 0.0800. The Balaban J connectivity index is 1.44. The number of nitrogens with zero attached hydrogens (tertiary/aromatic N) is 2. The molecule has 0 fully saturated rings. The number of cyclic esters (lactones) is 1. The van der Waals surface area contributed by atoms with Gasteiger partial charge < -0.3 is 14.2 Å². The predicted octanol–water partition coefficient (Wildman–Crippen LogP) is 4.56. The molecule has 3 aromatic rings. The number of carbonyl (C=O) groups is 2. The van der Waals surface area contributed by atoms with Crippen molar-refractivity contribution in [3.05, 3.63) is 105 Å². The number of carbonyl (C=O) groups excluding carboxylic acids is 2. The Morgan fingerprint density at radius 2 is 1.65 bits per heavy atom. The van der Waals surface area contributed by atoms with Gasteiger partial charge in [0.2, 0.25) is 5.90 Å². The molecule has 0 aliphatic carbocycles. The first-order chi connectivity index (χ1) is 16.4. The van der Waals surface area contributed by atoms with Crippen LogP contribution in [0.15, 0.2) is 83.5 Å². The normalized spacial score (nSPS) is 13.9. The number of nitro groups is 1. The second-order valence-electron chi connectivity index (χ2n) is 7.06. The molecule has 4 rings (SSSR count). The molecule has 1 aliphatic rings. The zero-order chi connectivity index (χ0) is 24.1. The van der Waals surface area contributed by atoms with Crippen molar-refractivity contribution in [2.75, 3.05) is 6.61 Å². The number of esters is 2. The van der Waals surface area contributed by atoms with Crippen molar-refractivity contribution in [3.8, 4) is 11.5 Å². The van der Waals surface area contributed by atoms with E-state index in [1.165, 1.54) is 24.3 Å². The van der Waals surface area contributed by atoms with Crippen LogP contribution < -0.4 is 9.47 Å². The predicted molar refractivity (Wildman–Crippen MR) is 123 cm³/mol. The van der Waals surface area contributed by atoms with Crippen LogP contribution in [0, 0.1) is 10.1 Å². The largest absolute Gasteiger partial charge is 0.494 e. The van der Waals surface area contributed by atoms with Crippen molar-refractivity contribution in [1.29, 1.82) is 0 Å². The highest BCUT2D eigenvalue weighted by Crippen LogP contribution is 2.22. The van der Waals surface area contributed by atoms with Crippen LogP contribution >= 0.6 is 0 Å².